The number of hydrogen-bond acceptors (Lipinski definition) is 4. The average molecular weight is 475 g/mol. The topological polar surface area (TPSA) is 64.3 Å². The van der Waals surface area contributed by atoms with E-state index >= 15 is 0 Å². The van der Waals surface area contributed by atoms with Crippen LogP contribution in [-0.4, -0.2) is 85.5 Å². The molecule has 3 rings (SSSR count). The summed E-state index contributed by atoms with van der Waals surface area (Å²) in [4.78, 5) is 23.3. The van der Waals surface area contributed by atoms with E-state index in [1.807, 2.05) is 11.9 Å². The summed E-state index contributed by atoms with van der Waals surface area (Å²) in [6.07, 6.45) is 4.22. The molecule has 1 aromatic heterocycles. The van der Waals surface area contributed by atoms with Gasteiger partial charge < -0.3 is 19.5 Å². The molecule has 1 aromatic rings. The van der Waals surface area contributed by atoms with E-state index in [9.17, 15) is 4.79 Å². The average Bonchev–Trinajstić information content (AvgIpc) is 3.34. The van der Waals surface area contributed by atoms with Crippen LogP contribution in [0.5, 0.6) is 0 Å². The lowest BCUT2D eigenvalue weighted by molar-refractivity contribution is 0.0657. The molecule has 0 aromatic carbocycles. The van der Waals surface area contributed by atoms with Crippen LogP contribution in [0.25, 0.3) is 0 Å². The number of furan rings is 1. The Hall–Kier alpha value is -1.29. The normalized spacial score (nSPS) is 18.0. The van der Waals surface area contributed by atoms with Gasteiger partial charge in [-0.2, -0.15) is 0 Å². The quantitative estimate of drug-likeness (QED) is 0.386. The largest absolute Gasteiger partial charge is 0.459 e. The van der Waals surface area contributed by atoms with Crippen LogP contribution in [0, 0.1) is 0 Å². The molecule has 1 saturated carbocycles. The SMILES string of the molecule is CCN(CCNC(=NC)N1CCN(C(=O)c2ccco2)CC1)C1CC1.I. The van der Waals surface area contributed by atoms with Crippen LogP contribution in [0.3, 0.4) is 0 Å². The first-order valence-electron chi connectivity index (χ1n) is 9.25. The van der Waals surface area contributed by atoms with Crippen molar-refractivity contribution in [3.8, 4) is 0 Å². The minimum absolute atomic E-state index is 0. The fraction of sp³-hybridized carbons (Fsp3) is 0.667. The van der Waals surface area contributed by atoms with E-state index < -0.39 is 0 Å². The molecule has 2 aliphatic rings. The van der Waals surface area contributed by atoms with Gasteiger partial charge in [0.25, 0.3) is 5.91 Å². The van der Waals surface area contributed by atoms with E-state index in [2.05, 4.69) is 27.0 Å². The van der Waals surface area contributed by atoms with E-state index in [0.717, 1.165) is 44.7 Å². The zero-order valence-electron chi connectivity index (χ0n) is 15.7. The van der Waals surface area contributed by atoms with Gasteiger partial charge in [-0.15, -0.1) is 24.0 Å². The summed E-state index contributed by atoms with van der Waals surface area (Å²) in [7, 11) is 1.82. The molecule has 8 heteroatoms. The van der Waals surface area contributed by atoms with Crippen molar-refractivity contribution in [3.63, 3.8) is 0 Å². The van der Waals surface area contributed by atoms with E-state index in [1.54, 1.807) is 12.1 Å². The zero-order valence-corrected chi connectivity index (χ0v) is 18.0. The van der Waals surface area contributed by atoms with Crippen LogP contribution in [0.4, 0.5) is 0 Å². The number of carbonyl (C=O) groups is 1. The lowest BCUT2D eigenvalue weighted by Gasteiger charge is -2.36. The molecule has 1 amide bonds. The Morgan fingerprint density at radius 1 is 1.31 bits per heavy atom. The van der Waals surface area contributed by atoms with Gasteiger partial charge in [0.1, 0.15) is 0 Å². The lowest BCUT2D eigenvalue weighted by atomic mass is 10.3. The Labute approximate surface area is 172 Å². The summed E-state index contributed by atoms with van der Waals surface area (Å²) in [5, 5.41) is 3.47. The van der Waals surface area contributed by atoms with Gasteiger partial charge >= 0.3 is 0 Å². The van der Waals surface area contributed by atoms with Crippen molar-refractivity contribution in [2.75, 3.05) is 52.9 Å². The van der Waals surface area contributed by atoms with Crippen molar-refractivity contribution in [2.24, 2.45) is 4.99 Å². The number of piperazine rings is 1. The third kappa shape index (κ3) is 5.35. The third-order valence-electron chi connectivity index (χ3n) is 4.96. The molecule has 0 bridgehead atoms. The van der Waals surface area contributed by atoms with E-state index in [-0.39, 0.29) is 29.9 Å². The van der Waals surface area contributed by atoms with Gasteiger partial charge in [0, 0.05) is 52.4 Å². The maximum absolute atomic E-state index is 12.3. The van der Waals surface area contributed by atoms with E-state index in [1.165, 1.54) is 19.1 Å². The van der Waals surface area contributed by atoms with Crippen molar-refractivity contribution in [1.29, 1.82) is 0 Å². The summed E-state index contributed by atoms with van der Waals surface area (Å²) >= 11 is 0. The standard InChI is InChI=1S/C18H29N5O2.HI/c1-3-21(15-6-7-15)9-8-20-18(19-2)23-12-10-22(11-13-23)17(24)16-5-4-14-25-16;/h4-5,14-15H,3,6-13H2,1-2H3,(H,19,20);1H. The number of likely N-dealkylation sites (N-methyl/N-ethyl adjacent to an activating group) is 1. The number of rotatable bonds is 6. The first kappa shape index (κ1) is 21.0. The first-order valence-corrected chi connectivity index (χ1v) is 9.25. The van der Waals surface area contributed by atoms with Crippen molar-refractivity contribution < 1.29 is 9.21 Å². The number of amides is 1. The van der Waals surface area contributed by atoms with Crippen LogP contribution in [0.1, 0.15) is 30.3 Å². The summed E-state index contributed by atoms with van der Waals surface area (Å²) in [5.41, 5.74) is 0. The Morgan fingerprint density at radius 2 is 2.00 bits per heavy atom. The van der Waals surface area contributed by atoms with Crippen LogP contribution < -0.4 is 5.32 Å². The molecule has 1 N–H and O–H groups in total. The summed E-state index contributed by atoms with van der Waals surface area (Å²) < 4.78 is 5.21. The second-order valence-corrected chi connectivity index (χ2v) is 6.59. The smallest absolute Gasteiger partial charge is 0.289 e. The zero-order chi connectivity index (χ0) is 17.6. The highest BCUT2D eigenvalue weighted by Gasteiger charge is 2.28. The van der Waals surface area contributed by atoms with Gasteiger partial charge in [0.05, 0.1) is 6.26 Å². The Bertz CT molecular complexity index is 580. The summed E-state index contributed by atoms with van der Waals surface area (Å²) in [6.45, 7) is 8.23. The highest BCUT2D eigenvalue weighted by Crippen LogP contribution is 2.25. The Kier molecular flexibility index (Phi) is 8.20. The van der Waals surface area contributed by atoms with Crippen LogP contribution in [-0.2, 0) is 0 Å². The number of nitrogens with one attached hydrogen (secondary N) is 1. The molecule has 0 spiro atoms. The number of hydrogen-bond donors (Lipinski definition) is 1. The molecule has 1 saturated heterocycles. The molecule has 2 fully saturated rings. The van der Waals surface area contributed by atoms with E-state index in [4.69, 9.17) is 4.42 Å². The minimum Gasteiger partial charge on any atom is -0.459 e. The molecule has 0 radical (unpaired) electrons. The fourth-order valence-corrected chi connectivity index (χ4v) is 3.36. The third-order valence-corrected chi connectivity index (χ3v) is 4.96. The number of guanidine groups is 1. The van der Waals surface area contributed by atoms with Crippen LogP contribution in [0.15, 0.2) is 27.8 Å². The fourth-order valence-electron chi connectivity index (χ4n) is 3.36. The number of carbonyl (C=O) groups excluding carboxylic acids is 1. The van der Waals surface area contributed by atoms with Gasteiger partial charge in [0.2, 0.25) is 0 Å². The van der Waals surface area contributed by atoms with Gasteiger partial charge in [-0.25, -0.2) is 0 Å². The predicted molar refractivity (Wildman–Crippen MR) is 113 cm³/mol. The molecule has 2 heterocycles. The molecule has 7 nitrogen and oxygen atoms in total. The van der Waals surface area contributed by atoms with Gasteiger partial charge in [0.15, 0.2) is 11.7 Å². The van der Waals surface area contributed by atoms with Gasteiger partial charge in [-0.1, -0.05) is 6.92 Å². The second-order valence-electron chi connectivity index (χ2n) is 6.59. The molecule has 146 valence electrons. The number of nitrogens with zero attached hydrogens (tertiary/aromatic N) is 4. The number of aliphatic imine (C=N–C) groups is 1. The predicted octanol–water partition coefficient (Wildman–Crippen LogP) is 1.72. The number of halogens is 1. The molecule has 1 aliphatic carbocycles. The molecule has 1 aliphatic heterocycles. The van der Waals surface area contributed by atoms with Gasteiger partial charge in [-0.05, 0) is 31.5 Å². The van der Waals surface area contributed by atoms with Crippen molar-refractivity contribution in [1.82, 2.24) is 20.0 Å². The van der Waals surface area contributed by atoms with E-state index in [0.29, 0.717) is 18.8 Å². The second kappa shape index (κ2) is 10.1. The summed E-state index contributed by atoms with van der Waals surface area (Å²) in [5.74, 6) is 1.31. The maximum atomic E-state index is 12.3. The highest BCUT2D eigenvalue weighted by molar-refractivity contribution is 14.0. The van der Waals surface area contributed by atoms with Crippen molar-refractivity contribution in [2.45, 2.75) is 25.8 Å². The van der Waals surface area contributed by atoms with Crippen LogP contribution >= 0.6 is 24.0 Å². The molecule has 0 atom stereocenters. The molecular weight excluding hydrogens is 445 g/mol. The van der Waals surface area contributed by atoms with Gasteiger partial charge in [-0.3, -0.25) is 14.7 Å². The highest BCUT2D eigenvalue weighted by atomic mass is 127. The lowest BCUT2D eigenvalue weighted by Crippen LogP contribution is -2.54. The Balaban J connectivity index is 0.00000243. The summed E-state index contributed by atoms with van der Waals surface area (Å²) in [6, 6.07) is 4.26. The molecule has 26 heavy (non-hydrogen) atoms. The molecule has 0 unspecified atom stereocenters. The minimum atomic E-state index is -0.0318. The maximum Gasteiger partial charge on any atom is 0.289 e. The Morgan fingerprint density at radius 3 is 2.54 bits per heavy atom. The van der Waals surface area contributed by atoms with Crippen LogP contribution in [0.2, 0.25) is 0 Å². The first-order chi connectivity index (χ1) is 12.2. The monoisotopic (exact) mass is 475 g/mol. The van der Waals surface area contributed by atoms with Crippen molar-refractivity contribution in [3.05, 3.63) is 24.2 Å². The van der Waals surface area contributed by atoms with Crippen molar-refractivity contribution >= 4 is 35.8 Å². The molecular formula is C18H30IN5O2.